The smallest absolute Gasteiger partial charge is 0.122 e. The molecule has 1 aromatic rings. The van der Waals surface area contributed by atoms with Crippen molar-refractivity contribution in [1.82, 2.24) is 0 Å². The average Bonchev–Trinajstić information content (AvgIpc) is 2.56. The first-order valence-corrected chi connectivity index (χ1v) is 9.11. The zero-order chi connectivity index (χ0) is 16.2. The third kappa shape index (κ3) is 7.31. The third-order valence-electron chi connectivity index (χ3n) is 4.42. The van der Waals surface area contributed by atoms with E-state index in [9.17, 15) is 0 Å². The Morgan fingerprint density at radius 1 is 1.05 bits per heavy atom. The van der Waals surface area contributed by atoms with E-state index < -0.39 is 0 Å². The van der Waals surface area contributed by atoms with E-state index in [0.717, 1.165) is 43.6 Å². The molecule has 1 aromatic carbocycles. The second-order valence-corrected chi connectivity index (χ2v) is 6.57. The van der Waals surface area contributed by atoms with Crippen molar-refractivity contribution in [2.45, 2.75) is 65.7 Å². The van der Waals surface area contributed by atoms with Crippen LogP contribution in [0.2, 0.25) is 0 Å². The Balaban J connectivity index is 0.000000235. The summed E-state index contributed by atoms with van der Waals surface area (Å²) in [6, 6.07) is 8.31. The predicted octanol–water partition coefficient (Wildman–Crippen LogP) is 5.20. The van der Waals surface area contributed by atoms with Crippen LogP contribution in [0.25, 0.3) is 0 Å². The summed E-state index contributed by atoms with van der Waals surface area (Å²) < 4.78 is 5.64. The van der Waals surface area contributed by atoms with Crippen LogP contribution in [-0.4, -0.2) is 13.2 Å². The first kappa shape index (κ1) is 19.0. The highest BCUT2D eigenvalue weighted by Gasteiger charge is 2.15. The van der Waals surface area contributed by atoms with E-state index in [1.54, 1.807) is 0 Å². The monoisotopic (exact) mass is 305 g/mol. The van der Waals surface area contributed by atoms with E-state index >= 15 is 0 Å². The second-order valence-electron chi connectivity index (χ2n) is 6.57. The molecular weight excluding hydrogens is 270 g/mol. The Bertz CT molecular complexity index is 383. The topological polar surface area (TPSA) is 35.2 Å². The number of aryl methyl sites for hydroxylation is 1. The number of hydrogen-bond acceptors (Lipinski definition) is 2. The molecule has 0 bridgehead atoms. The van der Waals surface area contributed by atoms with Crippen molar-refractivity contribution < 1.29 is 4.74 Å². The minimum Gasteiger partial charge on any atom is -0.493 e. The minimum atomic E-state index is 0.820. The van der Waals surface area contributed by atoms with Crippen LogP contribution in [0.1, 0.15) is 64.9 Å². The summed E-state index contributed by atoms with van der Waals surface area (Å²) in [6.07, 6.45) is 8.91. The normalized spacial score (nSPS) is 20.9. The van der Waals surface area contributed by atoms with Gasteiger partial charge in [0.1, 0.15) is 5.75 Å². The molecule has 1 aliphatic carbocycles. The van der Waals surface area contributed by atoms with Gasteiger partial charge in [-0.2, -0.15) is 0 Å². The van der Waals surface area contributed by atoms with Gasteiger partial charge in [0.25, 0.3) is 0 Å². The van der Waals surface area contributed by atoms with Crippen LogP contribution in [0.3, 0.4) is 0 Å². The van der Waals surface area contributed by atoms with Gasteiger partial charge in [-0.05, 0) is 55.7 Å². The highest BCUT2D eigenvalue weighted by Crippen LogP contribution is 2.27. The van der Waals surface area contributed by atoms with Crippen molar-refractivity contribution in [2.24, 2.45) is 17.6 Å². The Kier molecular flexibility index (Phi) is 9.98. The summed E-state index contributed by atoms with van der Waals surface area (Å²) in [5, 5.41) is 0. The molecule has 0 amide bonds. The largest absolute Gasteiger partial charge is 0.493 e. The van der Waals surface area contributed by atoms with Crippen molar-refractivity contribution >= 4 is 0 Å². The molecule has 0 heterocycles. The summed E-state index contributed by atoms with van der Waals surface area (Å²) in [4.78, 5) is 0. The van der Waals surface area contributed by atoms with Gasteiger partial charge in [0.15, 0.2) is 0 Å². The average molecular weight is 306 g/mol. The van der Waals surface area contributed by atoms with Crippen molar-refractivity contribution in [1.29, 1.82) is 0 Å². The van der Waals surface area contributed by atoms with E-state index in [1.807, 2.05) is 6.07 Å². The molecule has 22 heavy (non-hydrogen) atoms. The van der Waals surface area contributed by atoms with E-state index in [1.165, 1.54) is 37.7 Å². The lowest BCUT2D eigenvalue weighted by Gasteiger charge is -2.24. The number of hydrogen-bond donors (Lipinski definition) is 1. The molecule has 0 aromatic heterocycles. The molecule has 2 nitrogen and oxygen atoms in total. The summed E-state index contributed by atoms with van der Waals surface area (Å²) >= 11 is 0. The Labute approximate surface area is 137 Å². The third-order valence-corrected chi connectivity index (χ3v) is 4.42. The quantitative estimate of drug-likeness (QED) is 0.784. The molecule has 0 atom stereocenters. The standard InChI is InChI=1S/C12H18O.C8H17N/c1-3-7-11-8-5-6-9-12(11)13-10-4-2;1-7-2-4-8(6-9)5-3-7/h5-6,8-9H,3-4,7,10H2,1-2H3;7-8H,2-6,9H2,1H3. The molecule has 0 saturated heterocycles. The molecule has 1 fully saturated rings. The highest BCUT2D eigenvalue weighted by atomic mass is 16.5. The number of nitrogens with two attached hydrogens (primary N) is 1. The van der Waals surface area contributed by atoms with E-state index in [0.29, 0.717) is 0 Å². The molecule has 1 saturated carbocycles. The summed E-state index contributed by atoms with van der Waals surface area (Å²) in [7, 11) is 0. The molecular formula is C20H35NO. The van der Waals surface area contributed by atoms with Gasteiger partial charge >= 0.3 is 0 Å². The Hall–Kier alpha value is -1.02. The van der Waals surface area contributed by atoms with Gasteiger partial charge in [-0.25, -0.2) is 0 Å². The molecule has 0 radical (unpaired) electrons. The predicted molar refractivity (Wildman–Crippen MR) is 96.4 cm³/mol. The fraction of sp³-hybridized carbons (Fsp3) is 0.700. The van der Waals surface area contributed by atoms with Gasteiger partial charge in [0.2, 0.25) is 0 Å². The molecule has 1 aliphatic rings. The summed E-state index contributed by atoms with van der Waals surface area (Å²) in [5.41, 5.74) is 6.88. The highest BCUT2D eigenvalue weighted by molar-refractivity contribution is 5.33. The van der Waals surface area contributed by atoms with E-state index in [4.69, 9.17) is 10.5 Å². The maximum atomic E-state index is 5.64. The van der Waals surface area contributed by atoms with Crippen LogP contribution in [-0.2, 0) is 6.42 Å². The number of para-hydroxylation sites is 1. The Morgan fingerprint density at radius 2 is 1.73 bits per heavy atom. The summed E-state index contributed by atoms with van der Waals surface area (Å²) in [5.74, 6) is 2.88. The Morgan fingerprint density at radius 3 is 2.32 bits per heavy atom. The van der Waals surface area contributed by atoms with Crippen molar-refractivity contribution in [2.75, 3.05) is 13.2 Å². The van der Waals surface area contributed by atoms with Crippen LogP contribution in [0, 0.1) is 11.8 Å². The molecule has 2 heteroatoms. The SMILES string of the molecule is CC1CCC(CN)CC1.CCCOc1ccccc1CCC. The van der Waals surface area contributed by atoms with Crippen LogP contribution < -0.4 is 10.5 Å². The van der Waals surface area contributed by atoms with Crippen molar-refractivity contribution in [3.05, 3.63) is 29.8 Å². The molecule has 0 unspecified atom stereocenters. The van der Waals surface area contributed by atoms with Crippen molar-refractivity contribution in [3.8, 4) is 5.75 Å². The van der Waals surface area contributed by atoms with E-state index in [2.05, 4.69) is 39.0 Å². The molecule has 2 N–H and O–H groups in total. The lowest BCUT2D eigenvalue weighted by molar-refractivity contribution is 0.296. The van der Waals surface area contributed by atoms with Crippen LogP contribution >= 0.6 is 0 Å². The zero-order valence-electron chi connectivity index (χ0n) is 14.8. The van der Waals surface area contributed by atoms with Gasteiger partial charge in [0, 0.05) is 0 Å². The van der Waals surface area contributed by atoms with Gasteiger partial charge in [-0.15, -0.1) is 0 Å². The van der Waals surface area contributed by atoms with Crippen molar-refractivity contribution in [3.63, 3.8) is 0 Å². The van der Waals surface area contributed by atoms with Gasteiger partial charge in [-0.1, -0.05) is 58.2 Å². The molecule has 126 valence electrons. The fourth-order valence-electron chi connectivity index (χ4n) is 2.90. The molecule has 0 aliphatic heterocycles. The molecule has 0 spiro atoms. The molecule has 2 rings (SSSR count). The fourth-order valence-corrected chi connectivity index (χ4v) is 2.90. The van der Waals surface area contributed by atoms with Crippen LogP contribution in [0.15, 0.2) is 24.3 Å². The minimum absolute atomic E-state index is 0.820. The number of ether oxygens (including phenoxy) is 1. The van der Waals surface area contributed by atoms with Crippen LogP contribution in [0.5, 0.6) is 5.75 Å². The van der Waals surface area contributed by atoms with Crippen LogP contribution in [0.4, 0.5) is 0 Å². The second kappa shape index (κ2) is 11.5. The van der Waals surface area contributed by atoms with E-state index in [-0.39, 0.29) is 0 Å². The zero-order valence-corrected chi connectivity index (χ0v) is 14.8. The lowest BCUT2D eigenvalue weighted by atomic mass is 9.83. The number of benzene rings is 1. The maximum Gasteiger partial charge on any atom is 0.122 e. The van der Waals surface area contributed by atoms with Gasteiger partial charge in [0.05, 0.1) is 6.61 Å². The van der Waals surface area contributed by atoms with Gasteiger partial charge in [-0.3, -0.25) is 0 Å². The maximum absolute atomic E-state index is 5.64. The summed E-state index contributed by atoms with van der Waals surface area (Å²) in [6.45, 7) is 8.39. The van der Waals surface area contributed by atoms with Gasteiger partial charge < -0.3 is 10.5 Å². The number of rotatable bonds is 6. The first-order valence-electron chi connectivity index (χ1n) is 9.11. The lowest BCUT2D eigenvalue weighted by Crippen LogP contribution is -2.20. The first-order chi connectivity index (χ1) is 10.7.